The van der Waals surface area contributed by atoms with Crippen molar-refractivity contribution in [3.8, 4) is 11.6 Å². The standard InChI is InChI=1S/C29H34N6O3S/c1-22(28-31-27-11-6-5-10-26(27)29(32-28)38-24-8-3-2-4-9-24)33-18-20-34(21-19-33)39(36,37)25-14-12-23(13-15-25)35-17-7-16-30-35/h5-7,10-17,22,24H,2-4,8-9,18-21H2,1H3. The molecule has 1 saturated heterocycles. The van der Waals surface area contributed by atoms with E-state index in [1.807, 2.05) is 36.5 Å². The highest BCUT2D eigenvalue weighted by Crippen LogP contribution is 2.30. The van der Waals surface area contributed by atoms with Crippen molar-refractivity contribution in [3.05, 3.63) is 72.8 Å². The average molecular weight is 547 g/mol. The molecule has 6 rings (SSSR count). The van der Waals surface area contributed by atoms with Crippen LogP contribution in [-0.4, -0.2) is 69.7 Å². The quantitative estimate of drug-likeness (QED) is 0.335. The Hall–Kier alpha value is -3.34. The molecule has 1 aliphatic heterocycles. The minimum atomic E-state index is -3.59. The van der Waals surface area contributed by atoms with E-state index in [0.717, 1.165) is 29.4 Å². The molecule has 39 heavy (non-hydrogen) atoms. The van der Waals surface area contributed by atoms with Crippen LogP contribution < -0.4 is 4.74 Å². The van der Waals surface area contributed by atoms with E-state index in [4.69, 9.17) is 14.7 Å². The topological polar surface area (TPSA) is 93.5 Å². The lowest BCUT2D eigenvalue weighted by molar-refractivity contribution is 0.135. The van der Waals surface area contributed by atoms with Crippen LogP contribution in [0.3, 0.4) is 0 Å². The van der Waals surface area contributed by atoms with Crippen molar-refractivity contribution < 1.29 is 13.2 Å². The summed E-state index contributed by atoms with van der Waals surface area (Å²) in [7, 11) is -3.59. The lowest BCUT2D eigenvalue weighted by atomic mass is 9.98. The molecule has 2 aromatic heterocycles. The Morgan fingerprint density at radius 2 is 1.64 bits per heavy atom. The van der Waals surface area contributed by atoms with E-state index in [9.17, 15) is 8.42 Å². The van der Waals surface area contributed by atoms with Crippen molar-refractivity contribution >= 4 is 20.9 Å². The van der Waals surface area contributed by atoms with E-state index in [-0.39, 0.29) is 12.1 Å². The highest BCUT2D eigenvalue weighted by molar-refractivity contribution is 7.89. The first-order valence-corrected chi connectivity index (χ1v) is 15.2. The van der Waals surface area contributed by atoms with Crippen molar-refractivity contribution in [2.24, 2.45) is 0 Å². The number of piperazine rings is 1. The summed E-state index contributed by atoms with van der Waals surface area (Å²) in [6.45, 7) is 4.10. The Bertz CT molecular complexity index is 1510. The molecule has 0 amide bonds. The van der Waals surface area contributed by atoms with Crippen LogP contribution in [0.15, 0.2) is 71.9 Å². The molecule has 4 aromatic rings. The molecule has 1 atom stereocenters. The van der Waals surface area contributed by atoms with E-state index in [0.29, 0.717) is 42.8 Å². The number of benzene rings is 2. The van der Waals surface area contributed by atoms with Gasteiger partial charge in [-0.1, -0.05) is 18.6 Å². The third-order valence-corrected chi connectivity index (χ3v) is 9.77. The van der Waals surface area contributed by atoms with Crippen molar-refractivity contribution in [3.63, 3.8) is 0 Å². The molecule has 0 N–H and O–H groups in total. The SMILES string of the molecule is CC(c1nc(OC2CCCCC2)c2ccccc2n1)N1CCN(S(=O)(=O)c2ccc(-n3cccn3)cc2)CC1. The fourth-order valence-electron chi connectivity index (χ4n) is 5.52. The minimum absolute atomic E-state index is 0.0680. The average Bonchev–Trinajstić information content (AvgIpc) is 3.53. The predicted octanol–water partition coefficient (Wildman–Crippen LogP) is 4.59. The van der Waals surface area contributed by atoms with Gasteiger partial charge in [0.25, 0.3) is 0 Å². The molecule has 2 fully saturated rings. The maximum absolute atomic E-state index is 13.4. The van der Waals surface area contributed by atoms with Crippen molar-refractivity contribution in [1.29, 1.82) is 0 Å². The minimum Gasteiger partial charge on any atom is -0.474 e. The number of hydrogen-bond donors (Lipinski definition) is 0. The normalized spacial score (nSPS) is 18.8. The number of aromatic nitrogens is 4. The van der Waals surface area contributed by atoms with E-state index < -0.39 is 10.0 Å². The maximum Gasteiger partial charge on any atom is 0.243 e. The van der Waals surface area contributed by atoms with Crippen LogP contribution >= 0.6 is 0 Å². The molecule has 2 aliphatic rings. The monoisotopic (exact) mass is 546 g/mol. The highest BCUT2D eigenvalue weighted by Gasteiger charge is 2.31. The van der Waals surface area contributed by atoms with Gasteiger partial charge in [-0.2, -0.15) is 14.4 Å². The molecule has 1 saturated carbocycles. The molecule has 9 nitrogen and oxygen atoms in total. The highest BCUT2D eigenvalue weighted by atomic mass is 32.2. The van der Waals surface area contributed by atoms with Crippen molar-refractivity contribution in [2.45, 2.75) is 56.1 Å². The third kappa shape index (κ3) is 5.41. The summed E-state index contributed by atoms with van der Waals surface area (Å²) in [5, 5.41) is 5.14. The van der Waals surface area contributed by atoms with Crippen LogP contribution in [0.25, 0.3) is 16.6 Å². The van der Waals surface area contributed by atoms with Gasteiger partial charge in [0.1, 0.15) is 11.9 Å². The number of fused-ring (bicyclic) bond motifs is 1. The molecule has 2 aromatic carbocycles. The van der Waals surface area contributed by atoms with Crippen LogP contribution in [0.5, 0.6) is 5.88 Å². The largest absolute Gasteiger partial charge is 0.474 e. The zero-order valence-corrected chi connectivity index (χ0v) is 23.0. The smallest absolute Gasteiger partial charge is 0.243 e. The predicted molar refractivity (Wildman–Crippen MR) is 149 cm³/mol. The molecule has 0 spiro atoms. The van der Waals surface area contributed by atoms with E-state index in [1.165, 1.54) is 19.3 Å². The third-order valence-electron chi connectivity index (χ3n) is 7.85. The van der Waals surface area contributed by atoms with Gasteiger partial charge < -0.3 is 4.74 Å². The summed E-state index contributed by atoms with van der Waals surface area (Å²) in [6, 6.07) is 16.6. The molecule has 0 radical (unpaired) electrons. The van der Waals surface area contributed by atoms with Crippen LogP contribution in [0.4, 0.5) is 0 Å². The molecular formula is C29H34N6O3S. The number of sulfonamides is 1. The molecule has 10 heteroatoms. The van der Waals surface area contributed by atoms with Gasteiger partial charge >= 0.3 is 0 Å². The van der Waals surface area contributed by atoms with Gasteiger partial charge in [0, 0.05) is 38.6 Å². The van der Waals surface area contributed by atoms with E-state index in [2.05, 4.69) is 16.9 Å². The van der Waals surface area contributed by atoms with Gasteiger partial charge in [-0.15, -0.1) is 0 Å². The summed E-state index contributed by atoms with van der Waals surface area (Å²) in [6.07, 6.45) is 9.49. The van der Waals surface area contributed by atoms with Crippen LogP contribution in [0.1, 0.15) is 50.9 Å². The van der Waals surface area contributed by atoms with Crippen molar-refractivity contribution in [2.75, 3.05) is 26.2 Å². The summed E-state index contributed by atoms with van der Waals surface area (Å²) < 4.78 is 36.4. The zero-order valence-electron chi connectivity index (χ0n) is 22.2. The molecule has 1 unspecified atom stereocenters. The van der Waals surface area contributed by atoms with Gasteiger partial charge in [-0.25, -0.2) is 18.1 Å². The Morgan fingerprint density at radius 3 is 2.36 bits per heavy atom. The fraction of sp³-hybridized carbons (Fsp3) is 0.414. The lowest BCUT2D eigenvalue weighted by Gasteiger charge is -2.37. The Balaban J connectivity index is 1.15. The van der Waals surface area contributed by atoms with Gasteiger partial charge in [0.05, 0.1) is 27.5 Å². The van der Waals surface area contributed by atoms with Gasteiger partial charge in [-0.05, 0) is 75.1 Å². The van der Waals surface area contributed by atoms with E-state index in [1.54, 1.807) is 39.4 Å². The van der Waals surface area contributed by atoms with Crippen LogP contribution in [0.2, 0.25) is 0 Å². The lowest BCUT2D eigenvalue weighted by Crippen LogP contribution is -2.49. The van der Waals surface area contributed by atoms with Gasteiger partial charge in [-0.3, -0.25) is 4.90 Å². The van der Waals surface area contributed by atoms with E-state index >= 15 is 0 Å². The summed E-state index contributed by atoms with van der Waals surface area (Å²) in [4.78, 5) is 12.3. The Kier molecular flexibility index (Phi) is 7.33. The Labute approximate surface area is 229 Å². The molecule has 0 bridgehead atoms. The zero-order chi connectivity index (χ0) is 26.8. The van der Waals surface area contributed by atoms with Gasteiger partial charge in [0.15, 0.2) is 0 Å². The molecule has 3 heterocycles. The fourth-order valence-corrected chi connectivity index (χ4v) is 6.94. The number of para-hydroxylation sites is 1. The number of ether oxygens (including phenoxy) is 1. The summed E-state index contributed by atoms with van der Waals surface area (Å²) >= 11 is 0. The second-order valence-electron chi connectivity index (χ2n) is 10.3. The molecular weight excluding hydrogens is 512 g/mol. The summed E-state index contributed by atoms with van der Waals surface area (Å²) in [5.41, 5.74) is 1.69. The first-order valence-electron chi connectivity index (χ1n) is 13.8. The second kappa shape index (κ2) is 11.0. The first-order chi connectivity index (χ1) is 19.0. The maximum atomic E-state index is 13.4. The Morgan fingerprint density at radius 1 is 0.897 bits per heavy atom. The number of nitrogens with zero attached hydrogens (tertiary/aromatic N) is 6. The number of rotatable bonds is 7. The first kappa shape index (κ1) is 25.9. The molecule has 204 valence electrons. The molecule has 1 aliphatic carbocycles. The second-order valence-corrected chi connectivity index (χ2v) is 12.3. The van der Waals surface area contributed by atoms with Gasteiger partial charge in [0.2, 0.25) is 15.9 Å². The van der Waals surface area contributed by atoms with Crippen LogP contribution in [0, 0.1) is 0 Å². The van der Waals surface area contributed by atoms with Crippen LogP contribution in [-0.2, 0) is 10.0 Å². The number of hydrogen-bond acceptors (Lipinski definition) is 7. The van der Waals surface area contributed by atoms with Crippen molar-refractivity contribution in [1.82, 2.24) is 29.0 Å². The summed E-state index contributed by atoms with van der Waals surface area (Å²) in [5.74, 6) is 1.37.